The van der Waals surface area contributed by atoms with Crippen LogP contribution in [0.25, 0.3) is 5.69 Å². The van der Waals surface area contributed by atoms with Gasteiger partial charge in [0.15, 0.2) is 0 Å². The minimum absolute atomic E-state index is 0.00396. The summed E-state index contributed by atoms with van der Waals surface area (Å²) in [4.78, 5) is 35.4. The van der Waals surface area contributed by atoms with Crippen molar-refractivity contribution in [2.45, 2.75) is 26.2 Å². The van der Waals surface area contributed by atoms with E-state index in [4.69, 9.17) is 0 Å². The van der Waals surface area contributed by atoms with Crippen molar-refractivity contribution in [1.29, 1.82) is 0 Å². The molecule has 2 aromatic carbocycles. The van der Waals surface area contributed by atoms with Gasteiger partial charge >= 0.3 is 0 Å². The molecule has 1 aliphatic rings. The van der Waals surface area contributed by atoms with Crippen molar-refractivity contribution in [1.82, 2.24) is 14.8 Å². The van der Waals surface area contributed by atoms with Crippen LogP contribution < -0.4 is 5.32 Å². The van der Waals surface area contributed by atoms with Crippen LogP contribution in [-0.4, -0.2) is 43.8 Å². The molecule has 0 bridgehead atoms. The van der Waals surface area contributed by atoms with Gasteiger partial charge in [-0.25, -0.2) is 9.69 Å². The summed E-state index contributed by atoms with van der Waals surface area (Å²) in [6, 6.07) is 17.2. The van der Waals surface area contributed by atoms with Gasteiger partial charge in [-0.1, -0.05) is 30.3 Å². The maximum atomic E-state index is 12.5. The summed E-state index contributed by atoms with van der Waals surface area (Å²) in [5.41, 5.74) is 3.04. The fourth-order valence-electron chi connectivity index (χ4n) is 3.53. The van der Waals surface area contributed by atoms with Crippen LogP contribution in [0.4, 0.5) is 11.5 Å². The molecule has 33 heavy (non-hydrogen) atoms. The molecule has 0 unspecified atom stereocenters. The van der Waals surface area contributed by atoms with Gasteiger partial charge in [0.05, 0.1) is 28.6 Å². The minimum Gasteiger partial charge on any atom is -0.311 e. The maximum Gasteiger partial charge on any atom is 0.269 e. The summed E-state index contributed by atoms with van der Waals surface area (Å²) in [7, 11) is 0. The number of non-ortho nitro benzene ring substituents is 1. The van der Waals surface area contributed by atoms with Crippen LogP contribution >= 0.6 is 0 Å². The molecule has 0 spiro atoms. The van der Waals surface area contributed by atoms with Crippen LogP contribution in [0.3, 0.4) is 0 Å². The lowest BCUT2D eigenvalue weighted by Gasteiger charge is -2.12. The Labute approximate surface area is 189 Å². The van der Waals surface area contributed by atoms with Gasteiger partial charge in [0.1, 0.15) is 5.82 Å². The Morgan fingerprint density at radius 2 is 1.82 bits per heavy atom. The van der Waals surface area contributed by atoms with Crippen LogP contribution in [0.2, 0.25) is 0 Å². The predicted molar refractivity (Wildman–Crippen MR) is 122 cm³/mol. The smallest absolute Gasteiger partial charge is 0.269 e. The Bertz CT molecular complexity index is 1220. The first kappa shape index (κ1) is 21.9. The zero-order valence-electron chi connectivity index (χ0n) is 18.0. The van der Waals surface area contributed by atoms with E-state index in [0.717, 1.165) is 11.3 Å². The average Bonchev–Trinajstić information content (AvgIpc) is 3.45. The maximum absolute atomic E-state index is 12.5. The van der Waals surface area contributed by atoms with Crippen LogP contribution in [0, 0.1) is 17.0 Å². The second kappa shape index (κ2) is 9.43. The molecular formula is C23H22N6O4. The predicted octanol–water partition coefficient (Wildman–Crippen LogP) is 3.44. The number of anilines is 1. The van der Waals surface area contributed by atoms with Gasteiger partial charge in [-0.3, -0.25) is 19.7 Å². The average molecular weight is 446 g/mol. The van der Waals surface area contributed by atoms with Crippen molar-refractivity contribution in [3.8, 4) is 5.69 Å². The molecule has 2 amide bonds. The van der Waals surface area contributed by atoms with E-state index < -0.39 is 4.92 Å². The molecule has 2 heterocycles. The molecule has 4 rings (SSSR count). The quantitative estimate of drug-likeness (QED) is 0.440. The van der Waals surface area contributed by atoms with Gasteiger partial charge in [0, 0.05) is 37.5 Å². The molecule has 0 radical (unpaired) electrons. The highest BCUT2D eigenvalue weighted by Gasteiger charge is 2.22. The number of rotatable bonds is 7. The van der Waals surface area contributed by atoms with E-state index in [1.54, 1.807) is 25.1 Å². The molecule has 1 N–H and O–H groups in total. The Balaban J connectivity index is 1.36. The molecule has 10 heteroatoms. The number of nitro benzene ring substituents is 1. The van der Waals surface area contributed by atoms with Crippen LogP contribution in [0.5, 0.6) is 0 Å². The van der Waals surface area contributed by atoms with Gasteiger partial charge in [-0.2, -0.15) is 10.2 Å². The number of nitro groups is 1. The standard InChI is InChI=1S/C23H22N6O4/c1-16-15-21(28(25-16)18-7-9-19(10-8-18)29(32)33)24-22(30)11-12-23(31)27-14-13-20(26-27)17-5-3-2-4-6-17/h2-10,15H,11-14H2,1H3,(H,24,30). The van der Waals surface area contributed by atoms with Gasteiger partial charge in [0.2, 0.25) is 11.8 Å². The van der Waals surface area contributed by atoms with Crippen molar-refractivity contribution in [2.24, 2.45) is 5.10 Å². The summed E-state index contributed by atoms with van der Waals surface area (Å²) in [6.07, 6.45) is 0.702. The first-order valence-electron chi connectivity index (χ1n) is 10.5. The Kier molecular flexibility index (Phi) is 6.25. The molecule has 0 saturated carbocycles. The van der Waals surface area contributed by atoms with E-state index in [-0.39, 0.29) is 30.3 Å². The van der Waals surface area contributed by atoms with Crippen molar-refractivity contribution in [3.63, 3.8) is 0 Å². The SMILES string of the molecule is Cc1cc(NC(=O)CCC(=O)N2CCC(c3ccccc3)=N2)n(-c2ccc([N+](=O)[O-])cc2)n1. The summed E-state index contributed by atoms with van der Waals surface area (Å²) in [5, 5.41) is 23.8. The zero-order chi connectivity index (χ0) is 23.4. The van der Waals surface area contributed by atoms with Gasteiger partial charge in [0.25, 0.3) is 5.69 Å². The number of nitrogens with zero attached hydrogens (tertiary/aromatic N) is 5. The Morgan fingerprint density at radius 1 is 1.09 bits per heavy atom. The van der Waals surface area contributed by atoms with Crippen LogP contribution in [0.15, 0.2) is 65.8 Å². The van der Waals surface area contributed by atoms with E-state index in [1.165, 1.54) is 21.8 Å². The van der Waals surface area contributed by atoms with Crippen LogP contribution in [0.1, 0.15) is 30.5 Å². The normalized spacial score (nSPS) is 13.0. The molecule has 10 nitrogen and oxygen atoms in total. The van der Waals surface area contributed by atoms with Crippen molar-refractivity contribution < 1.29 is 14.5 Å². The van der Waals surface area contributed by atoms with Crippen molar-refractivity contribution in [3.05, 3.63) is 82.0 Å². The second-order valence-electron chi connectivity index (χ2n) is 7.58. The first-order chi connectivity index (χ1) is 15.9. The second-order valence-corrected chi connectivity index (χ2v) is 7.58. The monoisotopic (exact) mass is 446 g/mol. The third-order valence-electron chi connectivity index (χ3n) is 5.17. The number of hydrazone groups is 1. The third kappa shape index (κ3) is 5.12. The lowest BCUT2D eigenvalue weighted by Crippen LogP contribution is -2.25. The largest absolute Gasteiger partial charge is 0.311 e. The lowest BCUT2D eigenvalue weighted by atomic mass is 10.1. The Morgan fingerprint density at radius 3 is 2.52 bits per heavy atom. The molecule has 1 aromatic heterocycles. The molecule has 0 aliphatic carbocycles. The van der Waals surface area contributed by atoms with Gasteiger partial charge < -0.3 is 5.32 Å². The highest BCUT2D eigenvalue weighted by molar-refractivity contribution is 6.02. The summed E-state index contributed by atoms with van der Waals surface area (Å²) < 4.78 is 1.50. The lowest BCUT2D eigenvalue weighted by molar-refractivity contribution is -0.384. The number of hydrogen-bond donors (Lipinski definition) is 1. The number of carbonyl (C=O) groups is 2. The number of hydrogen-bond acceptors (Lipinski definition) is 6. The van der Waals surface area contributed by atoms with E-state index >= 15 is 0 Å². The Hall–Kier alpha value is -4.34. The molecule has 168 valence electrons. The number of aryl methyl sites for hydroxylation is 1. The third-order valence-corrected chi connectivity index (χ3v) is 5.17. The van der Waals surface area contributed by atoms with Gasteiger partial charge in [-0.05, 0) is 24.6 Å². The van der Waals surface area contributed by atoms with Crippen molar-refractivity contribution in [2.75, 3.05) is 11.9 Å². The van der Waals surface area contributed by atoms with E-state index in [0.29, 0.717) is 30.2 Å². The first-order valence-corrected chi connectivity index (χ1v) is 10.5. The zero-order valence-corrected chi connectivity index (χ0v) is 18.0. The van der Waals surface area contributed by atoms with Gasteiger partial charge in [-0.15, -0.1) is 0 Å². The number of nitrogens with one attached hydrogen (secondary N) is 1. The molecule has 3 aromatic rings. The van der Waals surface area contributed by atoms with E-state index in [1.807, 2.05) is 30.3 Å². The molecular weight excluding hydrogens is 424 g/mol. The number of benzene rings is 2. The van der Waals surface area contributed by atoms with Crippen molar-refractivity contribution >= 4 is 29.0 Å². The topological polar surface area (TPSA) is 123 Å². The molecule has 0 atom stereocenters. The highest BCUT2D eigenvalue weighted by Crippen LogP contribution is 2.21. The summed E-state index contributed by atoms with van der Waals surface area (Å²) in [6.45, 7) is 2.27. The fraction of sp³-hybridized carbons (Fsp3) is 0.217. The highest BCUT2D eigenvalue weighted by atomic mass is 16.6. The number of aromatic nitrogens is 2. The van der Waals surface area contributed by atoms with E-state index in [9.17, 15) is 19.7 Å². The van der Waals surface area contributed by atoms with E-state index in [2.05, 4.69) is 15.5 Å². The fourth-order valence-corrected chi connectivity index (χ4v) is 3.53. The minimum atomic E-state index is -0.481. The molecule has 1 aliphatic heterocycles. The molecule has 0 saturated heterocycles. The molecule has 0 fully saturated rings. The number of carbonyl (C=O) groups excluding carboxylic acids is 2. The summed E-state index contributed by atoms with van der Waals surface area (Å²) in [5.74, 6) is -0.127. The summed E-state index contributed by atoms with van der Waals surface area (Å²) >= 11 is 0. The number of amides is 2. The van der Waals surface area contributed by atoms with Crippen LogP contribution in [-0.2, 0) is 9.59 Å².